The molecule has 1 N–H and O–H groups in total. The molecule has 0 spiro atoms. The van der Waals surface area contributed by atoms with Gasteiger partial charge in [-0.05, 0) is 0 Å². The van der Waals surface area contributed by atoms with Crippen LogP contribution in [0.4, 0.5) is 0 Å². The molecule has 0 aliphatic carbocycles. The second kappa shape index (κ2) is 5.37. The maximum Gasteiger partial charge on any atom is 0.0954 e. The summed E-state index contributed by atoms with van der Waals surface area (Å²) in [6.45, 7) is 5.02. The molecule has 0 fully saturated rings. The van der Waals surface area contributed by atoms with Crippen molar-refractivity contribution >= 4 is 11.3 Å². The molecule has 0 aromatic carbocycles. The van der Waals surface area contributed by atoms with Crippen LogP contribution in [0.3, 0.4) is 0 Å². The molecule has 2 aromatic rings. The van der Waals surface area contributed by atoms with Crippen LogP contribution in [0.1, 0.15) is 36.2 Å². The van der Waals surface area contributed by atoms with E-state index < -0.39 is 0 Å². The van der Waals surface area contributed by atoms with Crippen molar-refractivity contribution < 1.29 is 5.11 Å². The molecule has 0 saturated carbocycles. The third kappa shape index (κ3) is 3.10. The van der Waals surface area contributed by atoms with E-state index in [1.54, 1.807) is 16.0 Å². The lowest BCUT2D eigenvalue weighted by Crippen LogP contribution is -2.01. The number of thiazole rings is 1. The third-order valence-corrected chi connectivity index (χ3v) is 3.54. The maximum atomic E-state index is 8.80. The lowest BCUT2D eigenvalue weighted by Gasteiger charge is -1.97. The van der Waals surface area contributed by atoms with Crippen LogP contribution < -0.4 is 0 Å². The molecule has 17 heavy (non-hydrogen) atoms. The van der Waals surface area contributed by atoms with Crippen molar-refractivity contribution in [1.29, 1.82) is 0 Å². The lowest BCUT2D eigenvalue weighted by molar-refractivity contribution is 0.298. The Bertz CT molecular complexity index is 477. The van der Waals surface area contributed by atoms with Crippen LogP contribution in [0, 0.1) is 0 Å². The Labute approximate surface area is 104 Å². The molecule has 6 heteroatoms. The molecule has 5 nitrogen and oxygen atoms in total. The minimum absolute atomic E-state index is 0.104. The standard InChI is InChI=1S/C11H16N4OS/c1-8(2)11-12-10(7-17-11)6-15-5-9(3-4-16)13-14-15/h5,7-8,16H,3-4,6H2,1-2H3. The van der Waals surface area contributed by atoms with Gasteiger partial charge < -0.3 is 5.11 Å². The molecule has 0 radical (unpaired) electrons. The van der Waals surface area contributed by atoms with E-state index in [1.165, 1.54) is 0 Å². The van der Waals surface area contributed by atoms with Crippen LogP contribution in [-0.4, -0.2) is 31.7 Å². The molecule has 2 rings (SSSR count). The number of aliphatic hydroxyl groups excluding tert-OH is 1. The van der Waals surface area contributed by atoms with Crippen molar-refractivity contribution in [2.45, 2.75) is 32.7 Å². The lowest BCUT2D eigenvalue weighted by atomic mass is 10.2. The summed E-state index contributed by atoms with van der Waals surface area (Å²) in [5.41, 5.74) is 1.82. The molecule has 2 aromatic heterocycles. The van der Waals surface area contributed by atoms with Crippen molar-refractivity contribution in [3.05, 3.63) is 28.0 Å². The van der Waals surface area contributed by atoms with Gasteiger partial charge in [-0.1, -0.05) is 19.1 Å². The summed E-state index contributed by atoms with van der Waals surface area (Å²) in [6.07, 6.45) is 2.40. The zero-order valence-corrected chi connectivity index (χ0v) is 10.8. The average Bonchev–Trinajstić information content (AvgIpc) is 2.89. The number of aromatic nitrogens is 4. The molecular weight excluding hydrogens is 236 g/mol. The van der Waals surface area contributed by atoms with E-state index in [2.05, 4.69) is 34.5 Å². The summed E-state index contributed by atoms with van der Waals surface area (Å²) in [5.74, 6) is 0.467. The molecule has 0 aliphatic heterocycles. The fraction of sp³-hybridized carbons (Fsp3) is 0.545. The van der Waals surface area contributed by atoms with Crippen LogP contribution in [0.2, 0.25) is 0 Å². The fourth-order valence-corrected chi connectivity index (χ4v) is 2.30. The van der Waals surface area contributed by atoms with Gasteiger partial charge in [0.1, 0.15) is 0 Å². The summed E-state index contributed by atoms with van der Waals surface area (Å²) < 4.78 is 1.75. The second-order valence-electron chi connectivity index (χ2n) is 4.21. The quantitative estimate of drug-likeness (QED) is 0.874. The summed E-state index contributed by atoms with van der Waals surface area (Å²) in [7, 11) is 0. The predicted octanol–water partition coefficient (Wildman–Crippen LogP) is 1.44. The summed E-state index contributed by atoms with van der Waals surface area (Å²) in [6, 6.07) is 0. The first-order valence-electron chi connectivity index (χ1n) is 5.63. The van der Waals surface area contributed by atoms with Crippen molar-refractivity contribution in [3.8, 4) is 0 Å². The zero-order chi connectivity index (χ0) is 12.3. The van der Waals surface area contributed by atoms with E-state index >= 15 is 0 Å². The van der Waals surface area contributed by atoms with Crippen LogP contribution in [0.15, 0.2) is 11.6 Å². The van der Waals surface area contributed by atoms with Crippen LogP contribution in [0.25, 0.3) is 0 Å². The molecular formula is C11H16N4OS. The number of hydrogen-bond acceptors (Lipinski definition) is 5. The van der Waals surface area contributed by atoms with Gasteiger partial charge in [0.2, 0.25) is 0 Å². The Kier molecular flexibility index (Phi) is 3.86. The van der Waals surface area contributed by atoms with Gasteiger partial charge in [0, 0.05) is 30.5 Å². The number of nitrogens with zero attached hydrogens (tertiary/aromatic N) is 4. The SMILES string of the molecule is CC(C)c1nc(Cn2cc(CCO)nn2)cs1. The van der Waals surface area contributed by atoms with Gasteiger partial charge in [0.25, 0.3) is 0 Å². The highest BCUT2D eigenvalue weighted by Crippen LogP contribution is 2.19. The first-order chi connectivity index (χ1) is 8.19. The van der Waals surface area contributed by atoms with Gasteiger partial charge in [-0.15, -0.1) is 16.4 Å². The molecule has 0 bridgehead atoms. The smallest absolute Gasteiger partial charge is 0.0954 e. The molecule has 0 aliphatic rings. The van der Waals surface area contributed by atoms with Crippen molar-refractivity contribution in [1.82, 2.24) is 20.0 Å². The monoisotopic (exact) mass is 252 g/mol. The topological polar surface area (TPSA) is 63.8 Å². The molecule has 0 amide bonds. The largest absolute Gasteiger partial charge is 0.396 e. The van der Waals surface area contributed by atoms with E-state index in [1.807, 2.05) is 6.20 Å². The van der Waals surface area contributed by atoms with Crippen LogP contribution in [0.5, 0.6) is 0 Å². The van der Waals surface area contributed by atoms with E-state index in [0.717, 1.165) is 16.4 Å². The Hall–Kier alpha value is -1.27. The number of hydrogen-bond donors (Lipinski definition) is 1. The van der Waals surface area contributed by atoms with Crippen molar-refractivity contribution in [2.75, 3.05) is 6.61 Å². The first-order valence-corrected chi connectivity index (χ1v) is 6.51. The van der Waals surface area contributed by atoms with Gasteiger partial charge in [-0.3, -0.25) is 0 Å². The minimum atomic E-state index is 0.104. The minimum Gasteiger partial charge on any atom is -0.396 e. The fourth-order valence-electron chi connectivity index (χ4n) is 1.47. The Morgan fingerprint density at radius 1 is 1.41 bits per heavy atom. The van der Waals surface area contributed by atoms with Crippen molar-refractivity contribution in [3.63, 3.8) is 0 Å². The number of rotatable bonds is 5. The first kappa shape index (κ1) is 12.2. The average molecular weight is 252 g/mol. The summed E-state index contributed by atoms with van der Waals surface area (Å²) in [5, 5.41) is 20.0. The van der Waals surface area contributed by atoms with Gasteiger partial charge in [-0.25, -0.2) is 9.67 Å². The maximum absolute atomic E-state index is 8.80. The molecule has 2 heterocycles. The van der Waals surface area contributed by atoms with E-state index in [-0.39, 0.29) is 6.61 Å². The summed E-state index contributed by atoms with van der Waals surface area (Å²) in [4.78, 5) is 4.54. The van der Waals surface area contributed by atoms with Gasteiger partial charge >= 0.3 is 0 Å². The highest BCUT2D eigenvalue weighted by Gasteiger charge is 2.07. The number of aliphatic hydroxyl groups is 1. The van der Waals surface area contributed by atoms with E-state index in [0.29, 0.717) is 18.9 Å². The van der Waals surface area contributed by atoms with E-state index in [4.69, 9.17) is 5.11 Å². The molecule has 0 atom stereocenters. The normalized spacial score (nSPS) is 11.3. The highest BCUT2D eigenvalue weighted by molar-refractivity contribution is 7.09. The molecule has 92 valence electrons. The Morgan fingerprint density at radius 3 is 2.88 bits per heavy atom. The Morgan fingerprint density at radius 2 is 2.24 bits per heavy atom. The van der Waals surface area contributed by atoms with Crippen LogP contribution >= 0.6 is 11.3 Å². The van der Waals surface area contributed by atoms with E-state index in [9.17, 15) is 0 Å². The van der Waals surface area contributed by atoms with Gasteiger partial charge in [0.15, 0.2) is 0 Å². The summed E-state index contributed by atoms with van der Waals surface area (Å²) >= 11 is 1.68. The zero-order valence-electron chi connectivity index (χ0n) is 10.00. The molecule has 0 saturated heterocycles. The highest BCUT2D eigenvalue weighted by atomic mass is 32.1. The third-order valence-electron chi connectivity index (χ3n) is 2.34. The van der Waals surface area contributed by atoms with Crippen molar-refractivity contribution in [2.24, 2.45) is 0 Å². The van der Waals surface area contributed by atoms with Crippen LogP contribution in [-0.2, 0) is 13.0 Å². The Balaban J connectivity index is 2.03. The predicted molar refractivity (Wildman–Crippen MR) is 66.1 cm³/mol. The molecule has 0 unspecified atom stereocenters. The van der Waals surface area contributed by atoms with Gasteiger partial charge in [0.05, 0.1) is 22.9 Å². The van der Waals surface area contributed by atoms with Gasteiger partial charge in [-0.2, -0.15) is 0 Å². The second-order valence-corrected chi connectivity index (χ2v) is 5.10.